The number of ketones is 4. The Balaban J connectivity index is 0.000000199. The molecule has 133 heavy (non-hydrogen) atoms. The van der Waals surface area contributed by atoms with E-state index >= 15 is 0 Å². The maximum Gasteiger partial charge on any atom is 0.295 e. The Labute approximate surface area is 765 Å². The standard InChI is InChI=1S/C20H26ClN6O5P.C20H26FN6O5P.C20H27N6O7PS.C20H27N6O5P/c2*1-12-4-5-15(8-16(12)21)9-32-33(30,26-13(2)14(3)28)11-31-7-6-27-10-23-17-18(27)24-20(22)25-19(17)29;1-13(14(2)27)25-34(29,33-10-15-4-6-16(7-5-15)35(3,30)31)12-32-9-8-26-11-22-17-18(26)23-20(21)24-19(17)28;1-13-4-6-16(7-5-13)10-31-32(29,25-14(2)15(3)27)12-30-9-8-26-11-22-17-18(26)23-20(21)24-19(17)28/h2*4-5,8,10,13H,6-7,9,11H2,1-3H3,(H,26,30)(H3,22,24,25,29);4-7,11,13H,8-10,12H2,1-3H3,(H,25,29)(H3,21,23,24,28);4-7,11,14H,8-10,12H2,1-3H3,(H,25,29)(H3,21,23,24,28)/t2*13-,33?;13-,34?;14-,32?/m0000/s1. The first-order chi connectivity index (χ1) is 62.7. The molecule has 46 nitrogen and oxygen atoms in total. The Morgan fingerprint density at radius 1 is 0.421 bits per heavy atom. The van der Waals surface area contributed by atoms with Gasteiger partial charge in [0.05, 0.1) is 107 Å². The Morgan fingerprint density at radius 2 is 0.677 bits per heavy atom. The summed E-state index contributed by atoms with van der Waals surface area (Å²) in [5.41, 5.74) is 27.6. The van der Waals surface area contributed by atoms with E-state index in [4.69, 9.17) is 71.6 Å². The van der Waals surface area contributed by atoms with E-state index in [1.54, 1.807) is 83.2 Å². The maximum absolute atomic E-state index is 13.8. The van der Waals surface area contributed by atoms with Crippen molar-refractivity contribution in [3.63, 3.8) is 0 Å². The zero-order chi connectivity index (χ0) is 97.5. The van der Waals surface area contributed by atoms with Gasteiger partial charge in [-0.05, 0) is 134 Å². The van der Waals surface area contributed by atoms with Crippen molar-refractivity contribution in [2.24, 2.45) is 0 Å². The van der Waals surface area contributed by atoms with Crippen LogP contribution >= 0.6 is 41.7 Å². The van der Waals surface area contributed by atoms with Crippen LogP contribution in [-0.4, -0.2) is 192 Å². The van der Waals surface area contributed by atoms with Gasteiger partial charge in [-0.25, -0.2) is 53.1 Å². The topological polar surface area (TPSA) is 651 Å². The van der Waals surface area contributed by atoms with Crippen molar-refractivity contribution in [3.8, 4) is 0 Å². The summed E-state index contributed by atoms with van der Waals surface area (Å²) >= 11 is 6.15. The van der Waals surface area contributed by atoms with Crippen LogP contribution in [0.1, 0.15) is 94.3 Å². The molecular formula is C80H106ClFN24O22P4S. The quantitative estimate of drug-likeness (QED) is 0.0128. The molecule has 0 spiro atoms. The van der Waals surface area contributed by atoms with Crippen LogP contribution in [0.2, 0.25) is 5.02 Å². The van der Waals surface area contributed by atoms with Crippen molar-refractivity contribution in [2.75, 3.05) is 81.0 Å². The number of nitrogens with two attached hydrogens (primary N) is 4. The normalized spacial score (nSPS) is 14.4. The van der Waals surface area contributed by atoms with Gasteiger partial charge in [-0.3, -0.25) is 76.6 Å². The minimum absolute atomic E-state index is 0.0124. The number of nitrogens with zero attached hydrogens (tertiary/aromatic N) is 12. The summed E-state index contributed by atoms with van der Waals surface area (Å²) in [6.07, 6.45) is 5.67. The number of nitrogens with one attached hydrogen (secondary N) is 8. The van der Waals surface area contributed by atoms with Gasteiger partial charge in [0.15, 0.2) is 54.5 Å². The van der Waals surface area contributed by atoms with Gasteiger partial charge in [0, 0.05) is 37.5 Å². The molecule has 53 heteroatoms. The molecule has 12 rings (SSSR count). The number of aryl methyl sites for hydroxylation is 3. The average molecular weight is 1970 g/mol. The van der Waals surface area contributed by atoms with E-state index in [0.717, 1.165) is 28.5 Å². The maximum atomic E-state index is 13.8. The highest BCUT2D eigenvalue weighted by Crippen LogP contribution is 2.47. The predicted octanol–water partition coefficient (Wildman–Crippen LogP) is 7.73. The number of sulfone groups is 1. The molecule has 8 aromatic heterocycles. The lowest BCUT2D eigenvalue weighted by atomic mass is 10.1. The molecule has 0 saturated heterocycles. The molecule has 0 aliphatic rings. The number of rotatable bonds is 45. The molecule has 0 aliphatic heterocycles. The van der Waals surface area contributed by atoms with Crippen LogP contribution in [0.4, 0.5) is 28.2 Å². The van der Waals surface area contributed by atoms with Gasteiger partial charge >= 0.3 is 0 Å². The Bertz CT molecular complexity index is 6520. The number of carbonyl (C=O) groups is 4. The van der Waals surface area contributed by atoms with E-state index in [-0.39, 0.29) is 177 Å². The highest BCUT2D eigenvalue weighted by atomic mass is 35.5. The third kappa shape index (κ3) is 31.4. The summed E-state index contributed by atoms with van der Waals surface area (Å²) in [4.78, 5) is 136. The van der Waals surface area contributed by atoms with Crippen molar-refractivity contribution in [2.45, 2.75) is 158 Å². The summed E-state index contributed by atoms with van der Waals surface area (Å²) in [5.74, 6) is -1.32. The second kappa shape index (κ2) is 47.6. The predicted molar refractivity (Wildman–Crippen MR) is 494 cm³/mol. The SMILES string of the molecule is CC(=O)[C@H](C)NP(=O)(COCCn1cnc2c(=O)[nH]c(N)nc21)OCc1ccc(C)c(Cl)c1.CC(=O)[C@H](C)NP(=O)(COCCn1cnc2c(=O)[nH]c(N)nc21)OCc1ccc(C)c(F)c1.CC(=O)[C@H](C)NP(=O)(COCCn1cnc2c(=O)[nH]c(N)nc21)OCc1ccc(C)cc1.CC(=O)[C@H](C)NP(=O)(COCCn1cnc2c(=O)[nH]c(N)nc21)OCc1ccc(S(C)(=O)=O)cc1. The molecule has 0 fully saturated rings. The highest BCUT2D eigenvalue weighted by Gasteiger charge is 2.33. The molecule has 8 heterocycles. The van der Waals surface area contributed by atoms with Gasteiger partial charge < -0.3 is 78.2 Å². The minimum atomic E-state index is -3.64. The van der Waals surface area contributed by atoms with E-state index in [9.17, 15) is 69.4 Å². The van der Waals surface area contributed by atoms with Crippen molar-refractivity contribution in [1.29, 1.82) is 0 Å². The summed E-state index contributed by atoms with van der Waals surface area (Å²) in [6, 6.07) is 20.8. The molecule has 8 atom stereocenters. The second-order valence-electron chi connectivity index (χ2n) is 30.6. The lowest BCUT2D eigenvalue weighted by Crippen LogP contribution is -2.32. The zero-order valence-electron chi connectivity index (χ0n) is 74.6. The smallest absolute Gasteiger partial charge is 0.295 e. The zero-order valence-corrected chi connectivity index (χ0v) is 79.8. The first kappa shape index (κ1) is 105. The average Bonchev–Trinajstić information content (AvgIpc) is 1.67. The number of anilines is 4. The van der Waals surface area contributed by atoms with E-state index < -0.39 is 92.1 Å². The number of benzene rings is 4. The van der Waals surface area contributed by atoms with Gasteiger partial charge in [-0.2, -0.15) is 19.9 Å². The number of fused-ring (bicyclic) bond motifs is 4. The van der Waals surface area contributed by atoms with Crippen LogP contribution in [0, 0.1) is 26.6 Å². The summed E-state index contributed by atoms with van der Waals surface area (Å²) in [6.45, 7) is 18.8. The third-order valence-electron chi connectivity index (χ3n) is 19.6. The Morgan fingerprint density at radius 3 is 0.940 bits per heavy atom. The molecular weight excluding hydrogens is 1860 g/mol. The number of hydrogen-bond donors (Lipinski definition) is 12. The third-order valence-corrected chi connectivity index (χ3v) is 28.6. The van der Waals surface area contributed by atoms with Crippen LogP contribution in [0.15, 0.2) is 134 Å². The van der Waals surface area contributed by atoms with Crippen LogP contribution in [0.25, 0.3) is 44.7 Å². The number of ether oxygens (including phenoxy) is 4. The van der Waals surface area contributed by atoms with Gasteiger partial charge in [0.25, 0.3) is 52.3 Å². The molecule has 0 aliphatic carbocycles. The van der Waals surface area contributed by atoms with Crippen LogP contribution in [-0.2, 0) is 137 Å². The molecule has 0 amide bonds. The largest absolute Gasteiger partial charge is 0.369 e. The number of aromatic amines is 4. The number of Topliss-reactive ketones (excluding diaryl/α,β-unsaturated/α-hetero) is 4. The summed E-state index contributed by atoms with van der Waals surface area (Å²) < 4.78 is 142. The number of H-pyrrole nitrogens is 4. The first-order valence-electron chi connectivity index (χ1n) is 40.8. The lowest BCUT2D eigenvalue weighted by Gasteiger charge is -2.23. The van der Waals surface area contributed by atoms with E-state index in [2.05, 4.69) is 80.2 Å². The summed E-state index contributed by atoms with van der Waals surface area (Å²) in [7, 11) is -17.6. The van der Waals surface area contributed by atoms with Crippen molar-refractivity contribution in [3.05, 3.63) is 201 Å². The number of nitrogen functional groups attached to an aromatic ring is 4. The Hall–Kier alpha value is -11.2. The first-order valence-corrected chi connectivity index (χ1v) is 50.3. The number of aromatic nitrogens is 16. The van der Waals surface area contributed by atoms with E-state index in [1.807, 2.05) is 50.2 Å². The number of carbonyl (C=O) groups excluding carboxylic acids is 4. The summed E-state index contributed by atoms with van der Waals surface area (Å²) in [5, 5.41) is 11.5. The molecule has 0 radical (unpaired) electrons. The van der Waals surface area contributed by atoms with E-state index in [0.29, 0.717) is 45.2 Å². The fraction of sp³-hybridized carbons (Fsp3) is 0.400. The molecule has 12 aromatic rings. The molecule has 718 valence electrons. The fourth-order valence-corrected chi connectivity index (χ4v) is 19.3. The molecule has 4 unspecified atom stereocenters. The highest BCUT2D eigenvalue weighted by molar-refractivity contribution is 7.90. The van der Waals surface area contributed by atoms with Gasteiger partial charge in [-0.1, -0.05) is 77.8 Å². The minimum Gasteiger partial charge on any atom is -0.369 e. The Kier molecular flexibility index (Phi) is 37.7. The van der Waals surface area contributed by atoms with Crippen molar-refractivity contribution >= 4 is 143 Å². The van der Waals surface area contributed by atoms with Gasteiger partial charge in [0.2, 0.25) is 23.8 Å². The van der Waals surface area contributed by atoms with Gasteiger partial charge in [0.1, 0.15) is 54.3 Å². The molecule has 0 saturated carbocycles. The monoisotopic (exact) mass is 1960 g/mol. The number of hydrogen-bond acceptors (Lipinski definition) is 34. The molecule has 16 N–H and O–H groups in total. The molecule has 0 bridgehead atoms. The number of halogens is 2. The fourth-order valence-electron chi connectivity index (χ4n) is 11.6. The van der Waals surface area contributed by atoms with Crippen LogP contribution in [0.5, 0.6) is 0 Å². The van der Waals surface area contributed by atoms with Crippen LogP contribution in [0.3, 0.4) is 0 Å². The van der Waals surface area contributed by atoms with E-state index in [1.165, 1.54) is 71.2 Å². The second-order valence-corrected chi connectivity index (χ2v) is 41.5. The number of imidazole rings is 4. The van der Waals surface area contributed by atoms with Crippen molar-refractivity contribution in [1.82, 2.24) is 98.4 Å². The van der Waals surface area contributed by atoms with Gasteiger partial charge in [-0.15, -0.1) is 0 Å². The van der Waals surface area contributed by atoms with Crippen molar-refractivity contribution < 1.29 is 87.3 Å². The molecule has 4 aromatic carbocycles. The lowest BCUT2D eigenvalue weighted by molar-refractivity contribution is -0.119. The van der Waals surface area contributed by atoms with Crippen LogP contribution < -0.4 is 65.5 Å².